The molecule has 0 unspecified atom stereocenters. The van der Waals surface area contributed by atoms with Gasteiger partial charge in [0.25, 0.3) is 0 Å². The molecule has 0 aliphatic rings. The van der Waals surface area contributed by atoms with Gasteiger partial charge in [-0.3, -0.25) is 9.18 Å². The summed E-state index contributed by atoms with van der Waals surface area (Å²) in [6.07, 6.45) is 0.973. The summed E-state index contributed by atoms with van der Waals surface area (Å²) in [5.41, 5.74) is 3.12. The molecule has 0 fully saturated rings. The predicted molar refractivity (Wildman–Crippen MR) is 105 cm³/mol. The average Bonchev–Trinajstić information content (AvgIpc) is 2.69. The number of alkyl halides is 1. The summed E-state index contributed by atoms with van der Waals surface area (Å²) in [6.45, 7) is 12.7. The van der Waals surface area contributed by atoms with Gasteiger partial charge in [-0.25, -0.2) is 0 Å². The maximum absolute atomic E-state index is 12.4. The van der Waals surface area contributed by atoms with Gasteiger partial charge in [0, 0.05) is 11.1 Å². The van der Waals surface area contributed by atoms with E-state index < -0.39 is 0 Å². The maximum atomic E-state index is 12.4. The molecule has 3 heteroatoms. The van der Waals surface area contributed by atoms with Crippen LogP contribution >= 0.6 is 0 Å². The van der Waals surface area contributed by atoms with Gasteiger partial charge in [0.15, 0.2) is 5.78 Å². The van der Waals surface area contributed by atoms with Gasteiger partial charge < -0.3 is 4.74 Å². The minimum atomic E-state index is -0.0442. The number of halogens is 1. The lowest BCUT2D eigenvalue weighted by molar-refractivity contribution is 0.105. The Kier molecular flexibility index (Phi) is 11.7. The van der Waals surface area contributed by atoms with Crippen LogP contribution in [0.1, 0.15) is 48.7 Å². The lowest BCUT2D eigenvalue weighted by atomic mass is 9.97. The first kappa shape index (κ1) is 22.6. The summed E-state index contributed by atoms with van der Waals surface area (Å²) in [4.78, 5) is 12.4. The van der Waals surface area contributed by atoms with Gasteiger partial charge in [0.1, 0.15) is 5.75 Å². The van der Waals surface area contributed by atoms with Gasteiger partial charge in [-0.05, 0) is 31.0 Å². The van der Waals surface area contributed by atoms with E-state index in [0.29, 0.717) is 24.9 Å². The smallest absolute Gasteiger partial charge is 0.193 e. The number of ether oxygens (including phenoxy) is 1. The number of Topliss-reactive ketones (excluding diaryl/α,β-unsaturated/α-hetero) is 1. The highest BCUT2D eigenvalue weighted by Gasteiger charge is 2.12. The molecule has 2 aromatic carbocycles. The summed E-state index contributed by atoms with van der Waals surface area (Å²) in [7, 11) is 0.500. The molecule has 0 N–H and O–H groups in total. The molecule has 2 rings (SSSR count). The van der Waals surface area contributed by atoms with Crippen molar-refractivity contribution in [1.29, 1.82) is 0 Å². The van der Waals surface area contributed by atoms with E-state index in [4.69, 9.17) is 4.74 Å². The molecular weight excluding hydrogens is 315 g/mol. The Morgan fingerprint density at radius 1 is 0.960 bits per heavy atom. The lowest BCUT2D eigenvalue weighted by Gasteiger charge is -2.08. The molecule has 0 saturated heterocycles. The molecule has 0 saturated carbocycles. The van der Waals surface area contributed by atoms with Crippen LogP contribution in [0.15, 0.2) is 55.1 Å². The number of carbonyl (C=O) groups is 1. The van der Waals surface area contributed by atoms with Gasteiger partial charge >= 0.3 is 0 Å². The Bertz CT molecular complexity index is 628. The van der Waals surface area contributed by atoms with Crippen LogP contribution in [0.2, 0.25) is 0 Å². The van der Waals surface area contributed by atoms with Crippen LogP contribution in [-0.2, 0) is 0 Å². The molecule has 0 radical (unpaired) electrons. The summed E-state index contributed by atoms with van der Waals surface area (Å²) in [5, 5.41) is 0. The fourth-order valence-corrected chi connectivity index (χ4v) is 1.98. The highest BCUT2D eigenvalue weighted by Crippen LogP contribution is 2.21. The van der Waals surface area contributed by atoms with Gasteiger partial charge in [-0.15, -0.1) is 0 Å². The van der Waals surface area contributed by atoms with E-state index in [-0.39, 0.29) is 5.78 Å². The summed E-state index contributed by atoms with van der Waals surface area (Å²) >= 11 is 0. The normalized spacial score (nSPS) is 9.04. The van der Waals surface area contributed by atoms with Crippen LogP contribution in [0.4, 0.5) is 4.39 Å². The molecular formula is C22H29FO2. The number of hydrogen-bond donors (Lipinski definition) is 0. The molecule has 0 amide bonds. The molecule has 136 valence electrons. The average molecular weight is 344 g/mol. The molecule has 0 spiro atoms. The molecule has 0 aliphatic heterocycles. The van der Waals surface area contributed by atoms with Crippen LogP contribution in [-0.4, -0.2) is 19.6 Å². The minimum absolute atomic E-state index is 0.0442. The van der Waals surface area contributed by atoms with Crippen molar-refractivity contribution in [2.24, 2.45) is 0 Å². The first-order valence-corrected chi connectivity index (χ1v) is 8.53. The van der Waals surface area contributed by atoms with Gasteiger partial charge in [0.2, 0.25) is 0 Å². The third kappa shape index (κ3) is 7.34. The molecule has 25 heavy (non-hydrogen) atoms. The SMILES string of the molecule is C=C(C(=O)c1ccc(C)cc1)c1ccc(OCCC)cc1.CC.CF. The number of ketones is 1. The van der Waals surface area contributed by atoms with E-state index in [1.807, 2.05) is 69.3 Å². The van der Waals surface area contributed by atoms with Crippen molar-refractivity contribution in [3.05, 3.63) is 71.8 Å². The van der Waals surface area contributed by atoms with E-state index in [9.17, 15) is 9.18 Å². The van der Waals surface area contributed by atoms with Gasteiger partial charge in [-0.1, -0.05) is 69.3 Å². The Balaban J connectivity index is 0.00000134. The van der Waals surface area contributed by atoms with Crippen LogP contribution in [0, 0.1) is 6.92 Å². The minimum Gasteiger partial charge on any atom is -0.494 e. The fourth-order valence-electron chi connectivity index (χ4n) is 1.98. The fraction of sp³-hybridized carbons (Fsp3) is 0.318. The number of hydrogen-bond acceptors (Lipinski definition) is 2. The monoisotopic (exact) mass is 344 g/mol. The van der Waals surface area contributed by atoms with E-state index in [1.54, 1.807) is 0 Å². The van der Waals surface area contributed by atoms with Gasteiger partial charge in [0.05, 0.1) is 13.8 Å². The lowest BCUT2D eigenvalue weighted by Crippen LogP contribution is -2.02. The second kappa shape index (κ2) is 12.9. The van der Waals surface area contributed by atoms with E-state index in [2.05, 4.69) is 13.5 Å². The zero-order valence-electron chi connectivity index (χ0n) is 15.9. The molecule has 2 nitrogen and oxygen atoms in total. The van der Waals surface area contributed by atoms with Crippen molar-refractivity contribution >= 4 is 11.4 Å². The van der Waals surface area contributed by atoms with Crippen molar-refractivity contribution < 1.29 is 13.9 Å². The molecule has 0 aromatic heterocycles. The number of allylic oxidation sites excluding steroid dienone is 1. The zero-order valence-corrected chi connectivity index (χ0v) is 15.9. The summed E-state index contributed by atoms with van der Waals surface area (Å²) < 4.78 is 15.0. The van der Waals surface area contributed by atoms with E-state index in [0.717, 1.165) is 23.3 Å². The Morgan fingerprint density at radius 2 is 1.44 bits per heavy atom. The van der Waals surface area contributed by atoms with Crippen molar-refractivity contribution in [3.63, 3.8) is 0 Å². The first-order valence-electron chi connectivity index (χ1n) is 8.53. The number of aryl methyl sites for hydroxylation is 1. The molecule has 2 aromatic rings. The second-order valence-electron chi connectivity index (χ2n) is 5.05. The topological polar surface area (TPSA) is 26.3 Å². The summed E-state index contributed by atoms with van der Waals surface area (Å²) in [5.74, 6) is 0.772. The largest absolute Gasteiger partial charge is 0.494 e. The molecule has 0 bridgehead atoms. The van der Waals surface area contributed by atoms with Crippen LogP contribution < -0.4 is 4.74 Å². The predicted octanol–water partition coefficient (Wildman–Crippen LogP) is 6.29. The number of carbonyl (C=O) groups excluding carboxylic acids is 1. The van der Waals surface area contributed by atoms with E-state index >= 15 is 0 Å². The van der Waals surface area contributed by atoms with Crippen molar-refractivity contribution in [2.75, 3.05) is 13.8 Å². The molecule has 0 heterocycles. The van der Waals surface area contributed by atoms with Crippen molar-refractivity contribution in [1.82, 2.24) is 0 Å². The quantitative estimate of drug-likeness (QED) is 0.454. The first-order chi connectivity index (χ1) is 12.1. The van der Waals surface area contributed by atoms with Crippen LogP contribution in [0.5, 0.6) is 5.75 Å². The molecule has 0 aliphatic carbocycles. The van der Waals surface area contributed by atoms with Crippen LogP contribution in [0.25, 0.3) is 5.57 Å². The van der Waals surface area contributed by atoms with Crippen molar-refractivity contribution in [3.8, 4) is 5.75 Å². The second-order valence-corrected chi connectivity index (χ2v) is 5.05. The molecule has 0 atom stereocenters. The van der Waals surface area contributed by atoms with Gasteiger partial charge in [-0.2, -0.15) is 0 Å². The van der Waals surface area contributed by atoms with Crippen LogP contribution in [0.3, 0.4) is 0 Å². The zero-order chi connectivity index (χ0) is 19.2. The third-order valence-corrected chi connectivity index (χ3v) is 3.26. The maximum Gasteiger partial charge on any atom is 0.193 e. The third-order valence-electron chi connectivity index (χ3n) is 3.26. The highest BCUT2D eigenvalue weighted by atomic mass is 19.1. The Labute approximate surface area is 151 Å². The highest BCUT2D eigenvalue weighted by molar-refractivity contribution is 6.28. The Hall–Kier alpha value is -2.42. The number of rotatable bonds is 6. The number of benzene rings is 2. The van der Waals surface area contributed by atoms with E-state index in [1.165, 1.54) is 0 Å². The van der Waals surface area contributed by atoms with Crippen molar-refractivity contribution in [2.45, 2.75) is 34.1 Å². The summed E-state index contributed by atoms with van der Waals surface area (Å²) in [6, 6.07) is 15.0. The Morgan fingerprint density at radius 3 is 1.92 bits per heavy atom. The standard InChI is InChI=1S/C19H20O2.C2H6.CH3F/c1-4-13-21-18-11-9-16(10-12-18)15(3)19(20)17-7-5-14(2)6-8-17;2*1-2/h5-12H,3-4,13H2,1-2H3;1-2H3;1H3.